The van der Waals surface area contributed by atoms with Crippen molar-refractivity contribution in [3.63, 3.8) is 0 Å². The average molecular weight is 407 g/mol. The van der Waals surface area contributed by atoms with Gasteiger partial charge in [0.15, 0.2) is 0 Å². The molecule has 3 aromatic carbocycles. The summed E-state index contributed by atoms with van der Waals surface area (Å²) in [5, 5.41) is 39.5. The van der Waals surface area contributed by atoms with Crippen molar-refractivity contribution in [2.24, 2.45) is 0 Å². The summed E-state index contributed by atoms with van der Waals surface area (Å²) < 4.78 is 0. The van der Waals surface area contributed by atoms with Crippen LogP contribution in [-0.2, 0) is 26.1 Å². The number of rotatable bonds is 6. The standard InChI is InChI=1S/C26H30O4/c1-15-9-21(17(3)23(13-27)25(15)29)11-19-5-7-20(8-6-19)12-22-10-16(2)26(30)24(14-28)18(22)4/h5-10,27-30H,11-14H2,1-4H3. The zero-order valence-electron chi connectivity index (χ0n) is 18.1. The number of aryl methyl sites for hydroxylation is 2. The van der Waals surface area contributed by atoms with Crippen LogP contribution in [0.15, 0.2) is 36.4 Å². The highest BCUT2D eigenvalue weighted by molar-refractivity contribution is 5.51. The fraction of sp³-hybridized carbons (Fsp3) is 0.308. The number of phenols is 2. The zero-order valence-corrected chi connectivity index (χ0v) is 18.1. The van der Waals surface area contributed by atoms with Crippen LogP contribution in [0.1, 0.15) is 55.6 Å². The summed E-state index contributed by atoms with van der Waals surface area (Å²) in [6.07, 6.45) is 1.46. The number of aliphatic hydroxyl groups is 2. The number of aliphatic hydroxyl groups excluding tert-OH is 2. The average Bonchev–Trinajstić information content (AvgIpc) is 2.72. The first-order valence-corrected chi connectivity index (χ1v) is 10.2. The SMILES string of the molecule is Cc1cc(Cc2ccc(Cc3cc(C)c(O)c(CO)c3C)cc2)c(C)c(CO)c1O. The maximum absolute atomic E-state index is 10.2. The first-order chi connectivity index (χ1) is 14.3. The van der Waals surface area contributed by atoms with Crippen molar-refractivity contribution in [1.82, 2.24) is 0 Å². The van der Waals surface area contributed by atoms with E-state index in [1.165, 1.54) is 0 Å². The van der Waals surface area contributed by atoms with Gasteiger partial charge in [0.05, 0.1) is 13.2 Å². The lowest BCUT2D eigenvalue weighted by Crippen LogP contribution is -2.01. The Labute approximate surface area is 178 Å². The number of benzene rings is 3. The van der Waals surface area contributed by atoms with E-state index in [1.807, 2.05) is 39.8 Å². The molecule has 4 N–H and O–H groups in total. The quantitative estimate of drug-likeness (QED) is 0.486. The van der Waals surface area contributed by atoms with Gasteiger partial charge in [-0.2, -0.15) is 0 Å². The van der Waals surface area contributed by atoms with E-state index in [0.29, 0.717) is 11.1 Å². The van der Waals surface area contributed by atoms with Gasteiger partial charge < -0.3 is 20.4 Å². The molecule has 30 heavy (non-hydrogen) atoms. The molecular formula is C26H30O4. The molecule has 0 radical (unpaired) electrons. The molecule has 0 aliphatic carbocycles. The topological polar surface area (TPSA) is 80.9 Å². The third kappa shape index (κ3) is 4.20. The lowest BCUT2D eigenvalue weighted by Gasteiger charge is -2.16. The van der Waals surface area contributed by atoms with E-state index >= 15 is 0 Å². The van der Waals surface area contributed by atoms with Gasteiger partial charge in [0, 0.05) is 11.1 Å². The molecule has 3 rings (SSSR count). The molecule has 0 saturated heterocycles. The maximum atomic E-state index is 10.2. The van der Waals surface area contributed by atoms with Crippen LogP contribution < -0.4 is 0 Å². The smallest absolute Gasteiger partial charge is 0.124 e. The predicted molar refractivity (Wildman–Crippen MR) is 119 cm³/mol. The molecule has 0 bridgehead atoms. The highest BCUT2D eigenvalue weighted by Crippen LogP contribution is 2.31. The van der Waals surface area contributed by atoms with E-state index in [-0.39, 0.29) is 24.7 Å². The minimum Gasteiger partial charge on any atom is -0.507 e. The van der Waals surface area contributed by atoms with Crippen molar-refractivity contribution in [2.75, 3.05) is 0 Å². The van der Waals surface area contributed by atoms with Crippen LogP contribution in [0, 0.1) is 27.7 Å². The highest BCUT2D eigenvalue weighted by atomic mass is 16.3. The Hall–Kier alpha value is -2.82. The maximum Gasteiger partial charge on any atom is 0.124 e. The predicted octanol–water partition coefficient (Wildman–Crippen LogP) is 4.50. The van der Waals surface area contributed by atoms with Crippen molar-refractivity contribution in [3.05, 3.63) is 92.0 Å². The minimum absolute atomic E-state index is 0.174. The molecule has 4 heteroatoms. The summed E-state index contributed by atoms with van der Waals surface area (Å²) >= 11 is 0. The van der Waals surface area contributed by atoms with E-state index in [4.69, 9.17) is 0 Å². The van der Waals surface area contributed by atoms with Crippen LogP contribution in [0.4, 0.5) is 0 Å². The summed E-state index contributed by atoms with van der Waals surface area (Å²) in [6, 6.07) is 12.4. The summed E-state index contributed by atoms with van der Waals surface area (Å²) in [6.45, 7) is 7.22. The third-order valence-electron chi connectivity index (χ3n) is 6.10. The second-order valence-electron chi connectivity index (χ2n) is 8.10. The van der Waals surface area contributed by atoms with Gasteiger partial charge in [-0.1, -0.05) is 36.4 Å². The van der Waals surface area contributed by atoms with E-state index in [1.54, 1.807) is 0 Å². The summed E-state index contributed by atoms with van der Waals surface area (Å²) in [5.41, 5.74) is 9.10. The van der Waals surface area contributed by atoms with Crippen molar-refractivity contribution in [3.8, 4) is 11.5 Å². The molecule has 0 unspecified atom stereocenters. The van der Waals surface area contributed by atoms with E-state index in [0.717, 1.165) is 57.3 Å². The van der Waals surface area contributed by atoms with Gasteiger partial charge >= 0.3 is 0 Å². The fourth-order valence-electron chi connectivity index (χ4n) is 4.06. The number of hydrogen-bond donors (Lipinski definition) is 4. The lowest BCUT2D eigenvalue weighted by atomic mass is 9.91. The van der Waals surface area contributed by atoms with Gasteiger partial charge in [0.2, 0.25) is 0 Å². The number of aromatic hydroxyl groups is 2. The summed E-state index contributed by atoms with van der Waals surface area (Å²) in [7, 11) is 0. The van der Waals surface area contributed by atoms with Crippen LogP contribution >= 0.6 is 0 Å². The molecular weight excluding hydrogens is 376 g/mol. The van der Waals surface area contributed by atoms with Crippen molar-refractivity contribution < 1.29 is 20.4 Å². The van der Waals surface area contributed by atoms with Crippen molar-refractivity contribution in [2.45, 2.75) is 53.8 Å². The lowest BCUT2D eigenvalue weighted by molar-refractivity contribution is 0.274. The van der Waals surface area contributed by atoms with E-state index in [9.17, 15) is 20.4 Å². The van der Waals surface area contributed by atoms with E-state index in [2.05, 4.69) is 24.3 Å². The molecule has 3 aromatic rings. The van der Waals surface area contributed by atoms with Crippen LogP contribution in [0.2, 0.25) is 0 Å². The molecule has 0 aliphatic rings. The Balaban J connectivity index is 1.84. The summed E-state index contributed by atoms with van der Waals surface area (Å²) in [5.74, 6) is 0.354. The first-order valence-electron chi connectivity index (χ1n) is 10.2. The van der Waals surface area contributed by atoms with Crippen LogP contribution in [0.5, 0.6) is 11.5 Å². The molecule has 0 spiro atoms. The highest BCUT2D eigenvalue weighted by Gasteiger charge is 2.14. The molecule has 0 heterocycles. The Morgan fingerprint density at radius 2 is 0.933 bits per heavy atom. The van der Waals surface area contributed by atoms with Gasteiger partial charge in [-0.05, 0) is 85.0 Å². The van der Waals surface area contributed by atoms with Gasteiger partial charge in [-0.15, -0.1) is 0 Å². The zero-order chi connectivity index (χ0) is 22.0. The molecule has 0 aliphatic heterocycles. The van der Waals surface area contributed by atoms with Crippen LogP contribution in [-0.4, -0.2) is 20.4 Å². The van der Waals surface area contributed by atoms with Crippen molar-refractivity contribution in [1.29, 1.82) is 0 Å². The van der Waals surface area contributed by atoms with Gasteiger partial charge in [0.1, 0.15) is 11.5 Å². The molecule has 0 fully saturated rings. The Morgan fingerprint density at radius 3 is 1.23 bits per heavy atom. The van der Waals surface area contributed by atoms with E-state index < -0.39 is 0 Å². The Bertz CT molecular complexity index is 979. The molecule has 0 atom stereocenters. The second-order valence-corrected chi connectivity index (χ2v) is 8.10. The largest absolute Gasteiger partial charge is 0.507 e. The van der Waals surface area contributed by atoms with Crippen LogP contribution in [0.25, 0.3) is 0 Å². The second kappa shape index (κ2) is 8.90. The summed E-state index contributed by atoms with van der Waals surface area (Å²) in [4.78, 5) is 0. The van der Waals surface area contributed by atoms with Gasteiger partial charge in [-0.3, -0.25) is 0 Å². The monoisotopic (exact) mass is 406 g/mol. The molecule has 0 aromatic heterocycles. The Morgan fingerprint density at radius 1 is 0.600 bits per heavy atom. The Kier molecular flexibility index (Phi) is 6.49. The van der Waals surface area contributed by atoms with Crippen LogP contribution in [0.3, 0.4) is 0 Å². The molecule has 158 valence electrons. The molecule has 4 nitrogen and oxygen atoms in total. The van der Waals surface area contributed by atoms with Crippen molar-refractivity contribution >= 4 is 0 Å². The third-order valence-corrected chi connectivity index (χ3v) is 6.10. The fourth-order valence-corrected chi connectivity index (χ4v) is 4.06. The van der Waals surface area contributed by atoms with Gasteiger partial charge in [0.25, 0.3) is 0 Å². The number of hydrogen-bond acceptors (Lipinski definition) is 4. The normalized spacial score (nSPS) is 11.1. The molecule has 0 saturated carbocycles. The van der Waals surface area contributed by atoms with Gasteiger partial charge in [-0.25, -0.2) is 0 Å². The first kappa shape index (κ1) is 21.9. The minimum atomic E-state index is -0.174. The molecule has 0 amide bonds.